The Bertz CT molecular complexity index is 95.7. The van der Waals surface area contributed by atoms with Gasteiger partial charge in [-0.3, -0.25) is 0 Å². The van der Waals surface area contributed by atoms with Crippen molar-refractivity contribution in [2.45, 2.75) is 26.2 Å². The van der Waals surface area contributed by atoms with Crippen LogP contribution in [0.5, 0.6) is 0 Å². The predicted molar refractivity (Wildman–Crippen MR) is 50.2 cm³/mol. The molecule has 0 bridgehead atoms. The average molecular weight is 176 g/mol. The zero-order valence-corrected chi connectivity index (χ0v) is 8.11. The Balaban J connectivity index is 2.16. The van der Waals surface area contributed by atoms with E-state index in [9.17, 15) is 0 Å². The molecule has 1 atom stereocenters. The summed E-state index contributed by atoms with van der Waals surface area (Å²) >= 11 is 5.82. The molecule has 1 aliphatic rings. The molecular weight excluding hydrogens is 158 g/mol. The maximum absolute atomic E-state index is 5.82. The van der Waals surface area contributed by atoms with Crippen molar-refractivity contribution in [3.63, 3.8) is 0 Å². The van der Waals surface area contributed by atoms with Crippen LogP contribution in [0.1, 0.15) is 26.2 Å². The topological polar surface area (TPSA) is 3.24 Å². The van der Waals surface area contributed by atoms with Gasteiger partial charge in [-0.05, 0) is 31.8 Å². The van der Waals surface area contributed by atoms with Gasteiger partial charge in [0.25, 0.3) is 0 Å². The van der Waals surface area contributed by atoms with Crippen LogP contribution in [0, 0.1) is 5.92 Å². The first-order valence-electron chi connectivity index (χ1n) is 4.65. The largest absolute Gasteiger partial charge is 0.303 e. The molecule has 1 heterocycles. The minimum atomic E-state index is 0.717. The standard InChI is InChI=1S/C9H18ClN/c1-2-9(7-10)8-11-5-3-4-6-11/h9H,2-8H2,1H3. The van der Waals surface area contributed by atoms with Crippen molar-refractivity contribution in [2.24, 2.45) is 5.92 Å². The number of likely N-dealkylation sites (tertiary alicyclic amines) is 1. The second-order valence-electron chi connectivity index (χ2n) is 3.44. The van der Waals surface area contributed by atoms with E-state index in [-0.39, 0.29) is 0 Å². The van der Waals surface area contributed by atoms with Crippen LogP contribution in [0.15, 0.2) is 0 Å². The van der Waals surface area contributed by atoms with Crippen molar-refractivity contribution in [1.82, 2.24) is 4.90 Å². The van der Waals surface area contributed by atoms with Gasteiger partial charge in [-0.15, -0.1) is 11.6 Å². The Morgan fingerprint density at radius 2 is 2.00 bits per heavy atom. The van der Waals surface area contributed by atoms with E-state index in [0.29, 0.717) is 0 Å². The van der Waals surface area contributed by atoms with Gasteiger partial charge in [-0.25, -0.2) is 0 Å². The molecule has 1 fully saturated rings. The van der Waals surface area contributed by atoms with Gasteiger partial charge in [0.15, 0.2) is 0 Å². The predicted octanol–water partition coefficient (Wildman–Crippen LogP) is 2.35. The second-order valence-corrected chi connectivity index (χ2v) is 3.74. The molecule has 1 unspecified atom stereocenters. The lowest BCUT2D eigenvalue weighted by molar-refractivity contribution is 0.286. The number of alkyl halides is 1. The molecule has 1 nitrogen and oxygen atoms in total. The van der Waals surface area contributed by atoms with Crippen molar-refractivity contribution in [3.8, 4) is 0 Å². The Morgan fingerprint density at radius 1 is 1.36 bits per heavy atom. The fourth-order valence-corrected chi connectivity index (χ4v) is 1.93. The molecule has 0 amide bonds. The van der Waals surface area contributed by atoms with Crippen molar-refractivity contribution in [2.75, 3.05) is 25.5 Å². The third-order valence-electron chi connectivity index (χ3n) is 2.51. The molecule has 2 heteroatoms. The molecule has 1 aliphatic heterocycles. The molecule has 0 aromatic heterocycles. The number of rotatable bonds is 4. The van der Waals surface area contributed by atoms with Crippen molar-refractivity contribution >= 4 is 11.6 Å². The lowest BCUT2D eigenvalue weighted by Gasteiger charge is -2.20. The van der Waals surface area contributed by atoms with Crippen LogP contribution in [0.2, 0.25) is 0 Å². The summed E-state index contributed by atoms with van der Waals surface area (Å²) in [4.78, 5) is 2.54. The highest BCUT2D eigenvalue weighted by atomic mass is 35.5. The minimum absolute atomic E-state index is 0.717. The second kappa shape index (κ2) is 5.00. The summed E-state index contributed by atoms with van der Waals surface area (Å²) in [5.74, 6) is 1.54. The highest BCUT2D eigenvalue weighted by Crippen LogP contribution is 2.13. The van der Waals surface area contributed by atoms with Crippen molar-refractivity contribution in [1.29, 1.82) is 0 Å². The van der Waals surface area contributed by atoms with Gasteiger partial charge in [-0.1, -0.05) is 13.3 Å². The monoisotopic (exact) mass is 175 g/mol. The van der Waals surface area contributed by atoms with Crippen LogP contribution in [0.4, 0.5) is 0 Å². The Morgan fingerprint density at radius 3 is 2.45 bits per heavy atom. The molecule has 0 spiro atoms. The zero-order chi connectivity index (χ0) is 8.10. The molecule has 11 heavy (non-hydrogen) atoms. The van der Waals surface area contributed by atoms with Crippen LogP contribution in [-0.2, 0) is 0 Å². The van der Waals surface area contributed by atoms with E-state index < -0.39 is 0 Å². The van der Waals surface area contributed by atoms with Crippen LogP contribution >= 0.6 is 11.6 Å². The van der Waals surface area contributed by atoms with E-state index in [0.717, 1.165) is 11.8 Å². The molecule has 0 aliphatic carbocycles. The Hall–Kier alpha value is 0.250. The highest BCUT2D eigenvalue weighted by Gasteiger charge is 2.15. The Kier molecular flexibility index (Phi) is 4.24. The Labute approximate surface area is 74.7 Å². The average Bonchev–Trinajstić information content (AvgIpc) is 2.52. The minimum Gasteiger partial charge on any atom is -0.303 e. The SMILES string of the molecule is CCC(CCl)CN1CCCC1. The van der Waals surface area contributed by atoms with Gasteiger partial charge in [0.2, 0.25) is 0 Å². The van der Waals surface area contributed by atoms with E-state index in [2.05, 4.69) is 11.8 Å². The van der Waals surface area contributed by atoms with E-state index in [1.807, 2.05) is 0 Å². The molecular formula is C9H18ClN. The maximum atomic E-state index is 5.82. The summed E-state index contributed by atoms with van der Waals surface area (Å²) < 4.78 is 0. The fourth-order valence-electron chi connectivity index (χ4n) is 1.62. The van der Waals surface area contributed by atoms with Crippen LogP contribution < -0.4 is 0 Å². The first-order chi connectivity index (χ1) is 5.36. The van der Waals surface area contributed by atoms with Crippen LogP contribution in [-0.4, -0.2) is 30.4 Å². The van der Waals surface area contributed by atoms with Gasteiger partial charge < -0.3 is 4.90 Å². The highest BCUT2D eigenvalue weighted by molar-refractivity contribution is 6.18. The van der Waals surface area contributed by atoms with Gasteiger partial charge in [0.05, 0.1) is 0 Å². The van der Waals surface area contributed by atoms with Gasteiger partial charge in [0, 0.05) is 12.4 Å². The first kappa shape index (κ1) is 9.34. The molecule has 1 rings (SSSR count). The maximum Gasteiger partial charge on any atom is 0.0263 e. The zero-order valence-electron chi connectivity index (χ0n) is 7.35. The van der Waals surface area contributed by atoms with Crippen LogP contribution in [0.25, 0.3) is 0 Å². The summed E-state index contributed by atoms with van der Waals surface area (Å²) in [5, 5.41) is 0. The third-order valence-corrected chi connectivity index (χ3v) is 2.95. The van der Waals surface area contributed by atoms with Crippen molar-refractivity contribution in [3.05, 3.63) is 0 Å². The van der Waals surface area contributed by atoms with E-state index in [1.54, 1.807) is 0 Å². The fraction of sp³-hybridized carbons (Fsp3) is 1.00. The van der Waals surface area contributed by atoms with Gasteiger partial charge in [-0.2, -0.15) is 0 Å². The molecule has 0 aromatic rings. The number of halogens is 1. The molecule has 66 valence electrons. The molecule has 0 radical (unpaired) electrons. The number of hydrogen-bond acceptors (Lipinski definition) is 1. The first-order valence-corrected chi connectivity index (χ1v) is 5.18. The third kappa shape index (κ3) is 3.00. The molecule has 0 aromatic carbocycles. The lowest BCUT2D eigenvalue weighted by Crippen LogP contribution is -2.27. The normalized spacial score (nSPS) is 22.4. The van der Waals surface area contributed by atoms with Crippen LogP contribution in [0.3, 0.4) is 0 Å². The summed E-state index contributed by atoms with van der Waals surface area (Å²) in [6.07, 6.45) is 4.00. The number of nitrogens with zero attached hydrogens (tertiary/aromatic N) is 1. The summed E-state index contributed by atoms with van der Waals surface area (Å²) in [6.45, 7) is 6.05. The lowest BCUT2D eigenvalue weighted by atomic mass is 10.1. The van der Waals surface area contributed by atoms with Gasteiger partial charge >= 0.3 is 0 Å². The quantitative estimate of drug-likeness (QED) is 0.593. The summed E-state index contributed by atoms with van der Waals surface area (Å²) in [5.41, 5.74) is 0. The smallest absolute Gasteiger partial charge is 0.0263 e. The summed E-state index contributed by atoms with van der Waals surface area (Å²) in [7, 11) is 0. The van der Waals surface area contributed by atoms with E-state index in [4.69, 9.17) is 11.6 Å². The molecule has 1 saturated heterocycles. The molecule has 0 N–H and O–H groups in total. The number of hydrogen-bond donors (Lipinski definition) is 0. The molecule has 0 saturated carbocycles. The van der Waals surface area contributed by atoms with Gasteiger partial charge in [0.1, 0.15) is 0 Å². The van der Waals surface area contributed by atoms with Crippen molar-refractivity contribution < 1.29 is 0 Å². The summed E-state index contributed by atoms with van der Waals surface area (Å²) in [6, 6.07) is 0. The van der Waals surface area contributed by atoms with E-state index >= 15 is 0 Å². The van der Waals surface area contributed by atoms with E-state index in [1.165, 1.54) is 38.9 Å².